The quantitative estimate of drug-likeness (QED) is 0.492. The first-order chi connectivity index (χ1) is 11.9. The first kappa shape index (κ1) is 14.2. The molecule has 24 heavy (non-hydrogen) atoms. The molecule has 2 aliphatic heterocycles. The number of rotatable bonds is 2. The van der Waals surface area contributed by atoms with E-state index in [1.807, 2.05) is 22.8 Å². The highest BCUT2D eigenvalue weighted by molar-refractivity contribution is 14.1. The molecule has 5 rings (SSSR count). The van der Waals surface area contributed by atoms with E-state index >= 15 is 0 Å². The molecule has 2 aliphatic rings. The second kappa shape index (κ2) is 5.70. The van der Waals surface area contributed by atoms with E-state index in [4.69, 9.17) is 8.24 Å². The van der Waals surface area contributed by atoms with E-state index in [0.29, 0.717) is 0 Å². The molecule has 0 bridgehead atoms. The van der Waals surface area contributed by atoms with E-state index in [9.17, 15) is 0 Å². The monoisotopic (exact) mass is 429 g/mol. The van der Waals surface area contributed by atoms with Crippen molar-refractivity contribution in [2.45, 2.75) is 12.5 Å². The van der Waals surface area contributed by atoms with Crippen LogP contribution in [0.25, 0.3) is 5.52 Å². The van der Waals surface area contributed by atoms with Gasteiger partial charge < -0.3 is 8.43 Å². The van der Waals surface area contributed by atoms with Crippen LogP contribution in [0.3, 0.4) is 0 Å². The van der Waals surface area contributed by atoms with E-state index in [0.717, 1.165) is 24.2 Å². The SMILES string of the molecule is c1ccc(N2CCC3=C(N=IN3)C2c2cc3ccccn3n2)cc1. The highest BCUT2D eigenvalue weighted by Gasteiger charge is 2.34. The second-order valence-electron chi connectivity index (χ2n) is 5.95. The summed E-state index contributed by atoms with van der Waals surface area (Å²) >= 11 is -0.304. The Hall–Kier alpha value is -2.22. The summed E-state index contributed by atoms with van der Waals surface area (Å²) in [5.41, 5.74) is 5.91. The largest absolute Gasteiger partial charge is 0.357 e. The standard InChI is InChI=1S/C18H16IN5/c1-2-6-13(7-3-1)23-11-9-15-17(21-19-20-15)18(23)16-12-14-8-4-5-10-24(14)22-16/h1-8,10,12,18H,9,11H2,(H,20,21). The molecule has 120 valence electrons. The maximum absolute atomic E-state index is 4.85. The van der Waals surface area contributed by atoms with Crippen LogP contribution in [0, 0.1) is 0 Å². The molecule has 0 radical (unpaired) electrons. The molecule has 4 heterocycles. The number of pyridine rings is 1. The molecule has 3 aromatic rings. The molecule has 1 N–H and O–H groups in total. The molecule has 0 aliphatic carbocycles. The molecule has 6 heteroatoms. The third-order valence-electron chi connectivity index (χ3n) is 4.53. The molecule has 0 saturated heterocycles. The fourth-order valence-corrected chi connectivity index (χ4v) is 5.17. The van der Waals surface area contributed by atoms with E-state index in [2.05, 4.69) is 50.9 Å². The van der Waals surface area contributed by atoms with Gasteiger partial charge in [0.1, 0.15) is 27.3 Å². The zero-order valence-corrected chi connectivity index (χ0v) is 15.1. The number of aromatic nitrogens is 2. The Morgan fingerprint density at radius 2 is 1.96 bits per heavy atom. The smallest absolute Gasteiger partial charge is 0.118 e. The van der Waals surface area contributed by atoms with Gasteiger partial charge in [-0.2, -0.15) is 5.10 Å². The summed E-state index contributed by atoms with van der Waals surface area (Å²) in [4.78, 5) is 2.43. The van der Waals surface area contributed by atoms with E-state index in [1.54, 1.807) is 0 Å². The molecule has 0 fully saturated rings. The Morgan fingerprint density at radius 3 is 2.83 bits per heavy atom. The van der Waals surface area contributed by atoms with Gasteiger partial charge in [-0.1, -0.05) is 24.3 Å². The van der Waals surface area contributed by atoms with Gasteiger partial charge in [0, 0.05) is 30.5 Å². The molecule has 5 nitrogen and oxygen atoms in total. The zero-order chi connectivity index (χ0) is 15.9. The molecular weight excluding hydrogens is 413 g/mol. The lowest BCUT2D eigenvalue weighted by Gasteiger charge is -2.36. The number of fused-ring (bicyclic) bond motifs is 1. The van der Waals surface area contributed by atoms with Crippen molar-refractivity contribution in [2.75, 3.05) is 11.4 Å². The molecule has 0 spiro atoms. The summed E-state index contributed by atoms with van der Waals surface area (Å²) in [6.07, 6.45) is 3.03. The third kappa shape index (κ3) is 2.24. The van der Waals surface area contributed by atoms with Gasteiger partial charge in [-0.05, 0) is 30.3 Å². The molecule has 0 amide bonds. The van der Waals surface area contributed by atoms with E-state index in [-0.39, 0.29) is 27.3 Å². The second-order valence-corrected chi connectivity index (χ2v) is 7.45. The molecule has 2 aromatic heterocycles. The molecule has 1 atom stereocenters. The Kier molecular flexibility index (Phi) is 3.36. The van der Waals surface area contributed by atoms with Crippen molar-refractivity contribution in [2.24, 2.45) is 3.15 Å². The van der Waals surface area contributed by atoms with E-state index < -0.39 is 0 Å². The van der Waals surface area contributed by atoms with Crippen LogP contribution in [0.2, 0.25) is 0 Å². The van der Waals surface area contributed by atoms with Crippen molar-refractivity contribution in [3.05, 3.63) is 77.9 Å². The third-order valence-corrected chi connectivity index (χ3v) is 6.18. The van der Waals surface area contributed by atoms with E-state index in [1.165, 1.54) is 17.1 Å². The normalized spacial score (nSPS) is 20.0. The number of anilines is 1. The van der Waals surface area contributed by atoms with Crippen molar-refractivity contribution in [3.63, 3.8) is 0 Å². The fraction of sp³-hybridized carbons (Fsp3) is 0.167. The number of para-hydroxylation sites is 1. The van der Waals surface area contributed by atoms with Crippen molar-refractivity contribution < 1.29 is 0 Å². The average Bonchev–Trinajstić information content (AvgIpc) is 3.28. The van der Waals surface area contributed by atoms with Crippen LogP contribution < -0.4 is 8.43 Å². The van der Waals surface area contributed by atoms with Crippen molar-refractivity contribution in [1.29, 1.82) is 0 Å². The number of benzene rings is 1. The highest BCUT2D eigenvalue weighted by Crippen LogP contribution is 2.42. The molecule has 0 saturated carbocycles. The van der Waals surface area contributed by atoms with Crippen LogP contribution in [0.1, 0.15) is 18.2 Å². The van der Waals surface area contributed by atoms with Gasteiger partial charge in [0.25, 0.3) is 0 Å². The number of hydrogen-bond acceptors (Lipinski definition) is 4. The number of nitrogens with one attached hydrogen (secondary N) is 1. The van der Waals surface area contributed by atoms with Gasteiger partial charge >= 0.3 is 0 Å². The van der Waals surface area contributed by atoms with Gasteiger partial charge in [-0.25, -0.2) is 7.66 Å². The van der Waals surface area contributed by atoms with Crippen LogP contribution in [0.4, 0.5) is 5.69 Å². The Balaban J connectivity index is 1.67. The van der Waals surface area contributed by atoms with Crippen molar-refractivity contribution in [1.82, 2.24) is 13.1 Å². The molecular formula is C18H16IN5. The molecule has 1 aromatic carbocycles. The van der Waals surface area contributed by atoms with Crippen LogP contribution >= 0.6 is 21.3 Å². The number of nitrogens with zero attached hydrogens (tertiary/aromatic N) is 4. The Morgan fingerprint density at radius 1 is 1.08 bits per heavy atom. The Labute approximate surface area is 150 Å². The minimum Gasteiger partial charge on any atom is -0.357 e. The first-order valence-electron chi connectivity index (χ1n) is 7.99. The fourth-order valence-electron chi connectivity index (χ4n) is 3.40. The van der Waals surface area contributed by atoms with Gasteiger partial charge in [-0.3, -0.25) is 0 Å². The van der Waals surface area contributed by atoms with Crippen LogP contribution in [0.5, 0.6) is 0 Å². The van der Waals surface area contributed by atoms with Crippen LogP contribution in [0.15, 0.2) is 75.3 Å². The predicted molar refractivity (Wildman–Crippen MR) is 103 cm³/mol. The lowest BCUT2D eigenvalue weighted by atomic mass is 9.99. The van der Waals surface area contributed by atoms with Gasteiger partial charge in [0.2, 0.25) is 0 Å². The average molecular weight is 429 g/mol. The minimum atomic E-state index is -0.304. The zero-order valence-electron chi connectivity index (χ0n) is 12.9. The Bertz CT molecular complexity index is 927. The maximum atomic E-state index is 4.85. The van der Waals surface area contributed by atoms with Gasteiger partial charge in [0.15, 0.2) is 0 Å². The summed E-state index contributed by atoms with van der Waals surface area (Å²) in [7, 11) is 0. The predicted octanol–water partition coefficient (Wildman–Crippen LogP) is 4.17. The van der Waals surface area contributed by atoms with Crippen molar-refractivity contribution >= 4 is 32.5 Å². The number of hydrogen-bond donors (Lipinski definition) is 1. The summed E-state index contributed by atoms with van der Waals surface area (Å²) in [5.74, 6) is 0. The highest BCUT2D eigenvalue weighted by atomic mass is 127. The van der Waals surface area contributed by atoms with Crippen LogP contribution in [-0.2, 0) is 0 Å². The van der Waals surface area contributed by atoms with Gasteiger partial charge in [0.05, 0.1) is 16.9 Å². The summed E-state index contributed by atoms with van der Waals surface area (Å²) in [5, 5.41) is 4.84. The number of halogens is 1. The maximum Gasteiger partial charge on any atom is 0.118 e. The first-order valence-corrected chi connectivity index (χ1v) is 10.0. The lowest BCUT2D eigenvalue weighted by molar-refractivity contribution is 0.612. The minimum absolute atomic E-state index is 0.0887. The summed E-state index contributed by atoms with van der Waals surface area (Å²) in [6.45, 7) is 0.980. The van der Waals surface area contributed by atoms with Crippen molar-refractivity contribution in [3.8, 4) is 0 Å². The van der Waals surface area contributed by atoms with Gasteiger partial charge in [-0.15, -0.1) is 0 Å². The topological polar surface area (TPSA) is 44.9 Å². The summed E-state index contributed by atoms with van der Waals surface area (Å²) < 4.78 is 10.3. The lowest BCUT2D eigenvalue weighted by Crippen LogP contribution is -2.35. The van der Waals surface area contributed by atoms with Crippen LogP contribution in [-0.4, -0.2) is 16.2 Å². The summed E-state index contributed by atoms with van der Waals surface area (Å²) in [6, 6.07) is 19.0. The molecule has 1 unspecified atom stereocenters.